The predicted molar refractivity (Wildman–Crippen MR) is 205 cm³/mol. The van der Waals surface area contributed by atoms with E-state index in [1.807, 2.05) is 72.0 Å². The summed E-state index contributed by atoms with van der Waals surface area (Å²) >= 11 is 1.84. The summed E-state index contributed by atoms with van der Waals surface area (Å²) in [5.41, 5.74) is 10.1. The lowest BCUT2D eigenvalue weighted by Crippen LogP contribution is -2.00. The van der Waals surface area contributed by atoms with Gasteiger partial charge in [0.1, 0.15) is 0 Å². The first-order chi connectivity index (χ1) is 24.2. The normalized spacial score (nSPS) is 11.3. The molecule has 2 heterocycles. The first-order valence-corrected chi connectivity index (χ1v) is 17.2. The van der Waals surface area contributed by atoms with Crippen LogP contribution in [0, 0.1) is 0 Å². The highest BCUT2D eigenvalue weighted by Crippen LogP contribution is 2.39. The van der Waals surface area contributed by atoms with E-state index in [1.54, 1.807) is 0 Å². The minimum atomic E-state index is 0.654. The molecule has 0 spiro atoms. The summed E-state index contributed by atoms with van der Waals surface area (Å²) in [6.45, 7) is 0. The van der Waals surface area contributed by atoms with E-state index in [4.69, 9.17) is 15.0 Å². The van der Waals surface area contributed by atoms with E-state index in [1.165, 1.54) is 42.4 Å². The van der Waals surface area contributed by atoms with Gasteiger partial charge in [0.2, 0.25) is 0 Å². The fourth-order valence-corrected chi connectivity index (χ4v) is 7.55. The fraction of sp³-hybridized carbons (Fsp3) is 0. The van der Waals surface area contributed by atoms with E-state index in [0.717, 1.165) is 27.8 Å². The van der Waals surface area contributed by atoms with Gasteiger partial charge in [-0.1, -0.05) is 146 Å². The average molecular weight is 644 g/mol. The Kier molecular flexibility index (Phi) is 7.34. The zero-order chi connectivity index (χ0) is 32.6. The number of rotatable bonds is 6. The molecule has 0 radical (unpaired) electrons. The Bertz CT molecular complexity index is 2540. The Hall–Kier alpha value is -6.23. The first-order valence-electron chi connectivity index (χ1n) is 16.4. The van der Waals surface area contributed by atoms with Gasteiger partial charge in [0.05, 0.1) is 0 Å². The maximum absolute atomic E-state index is 4.95. The third kappa shape index (κ3) is 5.69. The molecule has 0 amide bonds. The van der Waals surface area contributed by atoms with Crippen molar-refractivity contribution in [1.82, 2.24) is 15.0 Å². The van der Waals surface area contributed by atoms with Gasteiger partial charge in [0.15, 0.2) is 17.5 Å². The van der Waals surface area contributed by atoms with Gasteiger partial charge in [-0.05, 0) is 63.7 Å². The summed E-state index contributed by atoms with van der Waals surface area (Å²) in [6.07, 6.45) is 0. The molecule has 2 aromatic heterocycles. The van der Waals surface area contributed by atoms with Crippen molar-refractivity contribution in [2.75, 3.05) is 0 Å². The summed E-state index contributed by atoms with van der Waals surface area (Å²) in [5, 5.41) is 2.56. The van der Waals surface area contributed by atoms with Gasteiger partial charge in [-0.15, -0.1) is 11.3 Å². The van der Waals surface area contributed by atoms with Crippen LogP contribution >= 0.6 is 11.3 Å². The Morgan fingerprint density at radius 3 is 1.31 bits per heavy atom. The second-order valence-corrected chi connectivity index (χ2v) is 13.2. The lowest BCUT2D eigenvalue weighted by molar-refractivity contribution is 1.07. The van der Waals surface area contributed by atoms with E-state index in [0.29, 0.717) is 17.5 Å². The summed E-state index contributed by atoms with van der Waals surface area (Å²) in [4.78, 5) is 14.8. The predicted octanol–water partition coefficient (Wildman–Crippen LogP) is 12.2. The van der Waals surface area contributed by atoms with Crippen molar-refractivity contribution in [3.8, 4) is 67.5 Å². The zero-order valence-corrected chi connectivity index (χ0v) is 27.3. The van der Waals surface area contributed by atoms with Crippen LogP contribution in [0.5, 0.6) is 0 Å². The number of hydrogen-bond donors (Lipinski definition) is 0. The fourth-order valence-electron chi connectivity index (χ4n) is 6.42. The van der Waals surface area contributed by atoms with Crippen LogP contribution in [-0.2, 0) is 0 Å². The number of benzene rings is 7. The van der Waals surface area contributed by atoms with E-state index >= 15 is 0 Å². The number of thiophene rings is 1. The van der Waals surface area contributed by atoms with Crippen LogP contribution in [-0.4, -0.2) is 15.0 Å². The molecular formula is C45H29N3S. The maximum atomic E-state index is 4.95. The van der Waals surface area contributed by atoms with Gasteiger partial charge in [-0.2, -0.15) is 0 Å². The third-order valence-electron chi connectivity index (χ3n) is 8.93. The van der Waals surface area contributed by atoms with Crippen LogP contribution in [0.15, 0.2) is 176 Å². The third-order valence-corrected chi connectivity index (χ3v) is 10.1. The van der Waals surface area contributed by atoms with E-state index < -0.39 is 0 Å². The van der Waals surface area contributed by atoms with Gasteiger partial charge >= 0.3 is 0 Å². The summed E-state index contributed by atoms with van der Waals surface area (Å²) in [5.74, 6) is 1.97. The van der Waals surface area contributed by atoms with Crippen LogP contribution in [0.3, 0.4) is 0 Å². The lowest BCUT2D eigenvalue weighted by Gasteiger charge is -2.10. The Balaban J connectivity index is 1.08. The van der Waals surface area contributed by atoms with Crippen LogP contribution < -0.4 is 0 Å². The second kappa shape index (κ2) is 12.4. The molecule has 0 bridgehead atoms. The molecule has 0 aliphatic heterocycles. The Labute approximate surface area is 288 Å². The van der Waals surface area contributed by atoms with Crippen molar-refractivity contribution in [1.29, 1.82) is 0 Å². The monoisotopic (exact) mass is 643 g/mol. The average Bonchev–Trinajstić information content (AvgIpc) is 3.56. The van der Waals surface area contributed by atoms with E-state index in [-0.39, 0.29) is 0 Å². The minimum Gasteiger partial charge on any atom is -0.208 e. The molecule has 0 fully saturated rings. The van der Waals surface area contributed by atoms with Crippen molar-refractivity contribution < 1.29 is 0 Å². The molecule has 9 aromatic rings. The SMILES string of the molecule is c1ccc(-c2cccc(-c3ccc4sc5cc(-c6cccc(-c7nc(-c8ccccc8)nc(-c8ccccc8)n7)c6)ccc5c4c3)c2)cc1. The number of aromatic nitrogens is 3. The maximum Gasteiger partial charge on any atom is 0.164 e. The Morgan fingerprint density at radius 1 is 0.265 bits per heavy atom. The van der Waals surface area contributed by atoms with Gasteiger partial charge < -0.3 is 0 Å². The van der Waals surface area contributed by atoms with Gasteiger partial charge in [-0.3, -0.25) is 0 Å². The molecule has 0 aliphatic rings. The molecule has 7 aromatic carbocycles. The summed E-state index contributed by atoms with van der Waals surface area (Å²) in [7, 11) is 0. The number of hydrogen-bond acceptors (Lipinski definition) is 4. The standard InChI is InChI=1S/C45H29N3S/c1-4-12-30(13-5-1)33-18-10-19-34(26-33)36-23-25-41-40(28-36)39-24-22-37(29-42(39)49-41)35-20-11-21-38(27-35)45-47-43(31-14-6-2-7-15-31)46-44(48-45)32-16-8-3-9-17-32/h1-29H. The molecule has 49 heavy (non-hydrogen) atoms. The molecule has 0 aliphatic carbocycles. The molecule has 0 atom stereocenters. The molecule has 0 saturated heterocycles. The van der Waals surface area contributed by atoms with Gasteiger partial charge in [0.25, 0.3) is 0 Å². The highest BCUT2D eigenvalue weighted by Gasteiger charge is 2.14. The number of fused-ring (bicyclic) bond motifs is 3. The quantitative estimate of drug-likeness (QED) is 0.181. The van der Waals surface area contributed by atoms with Crippen molar-refractivity contribution >= 4 is 31.5 Å². The Morgan fingerprint density at radius 2 is 0.694 bits per heavy atom. The molecule has 9 rings (SSSR count). The molecule has 3 nitrogen and oxygen atoms in total. The second-order valence-electron chi connectivity index (χ2n) is 12.1. The molecule has 0 unspecified atom stereocenters. The van der Waals surface area contributed by atoms with Crippen molar-refractivity contribution in [2.45, 2.75) is 0 Å². The van der Waals surface area contributed by atoms with Crippen molar-refractivity contribution in [2.24, 2.45) is 0 Å². The zero-order valence-electron chi connectivity index (χ0n) is 26.5. The van der Waals surface area contributed by atoms with E-state index in [9.17, 15) is 0 Å². The molecule has 0 saturated carbocycles. The molecule has 4 heteroatoms. The minimum absolute atomic E-state index is 0.654. The van der Waals surface area contributed by atoms with Crippen LogP contribution in [0.4, 0.5) is 0 Å². The van der Waals surface area contributed by atoms with Gasteiger partial charge in [-0.25, -0.2) is 15.0 Å². The number of nitrogens with zero attached hydrogens (tertiary/aromatic N) is 3. The summed E-state index contributed by atoms with van der Waals surface area (Å²) in [6, 6.07) is 61.7. The summed E-state index contributed by atoms with van der Waals surface area (Å²) < 4.78 is 2.56. The lowest BCUT2D eigenvalue weighted by atomic mass is 9.97. The van der Waals surface area contributed by atoms with Crippen LogP contribution in [0.2, 0.25) is 0 Å². The van der Waals surface area contributed by atoms with Crippen molar-refractivity contribution in [3.05, 3.63) is 176 Å². The van der Waals surface area contributed by atoms with Crippen molar-refractivity contribution in [3.63, 3.8) is 0 Å². The largest absolute Gasteiger partial charge is 0.208 e. The first kappa shape index (κ1) is 29.0. The van der Waals surface area contributed by atoms with Gasteiger partial charge in [0, 0.05) is 36.9 Å². The smallest absolute Gasteiger partial charge is 0.164 e. The van der Waals surface area contributed by atoms with Crippen LogP contribution in [0.25, 0.3) is 87.7 Å². The molecule has 0 N–H and O–H groups in total. The molecule has 230 valence electrons. The van der Waals surface area contributed by atoms with Crippen LogP contribution in [0.1, 0.15) is 0 Å². The highest BCUT2D eigenvalue weighted by atomic mass is 32.1. The molecular weight excluding hydrogens is 615 g/mol. The van der Waals surface area contributed by atoms with E-state index in [2.05, 4.69) is 115 Å². The topological polar surface area (TPSA) is 38.7 Å². The highest BCUT2D eigenvalue weighted by molar-refractivity contribution is 7.25.